The van der Waals surface area contributed by atoms with Gasteiger partial charge in [0.15, 0.2) is 0 Å². The molecule has 0 aliphatic carbocycles. The van der Waals surface area contributed by atoms with Gasteiger partial charge in [-0.25, -0.2) is 4.79 Å². The molecule has 7 nitrogen and oxygen atoms in total. The summed E-state index contributed by atoms with van der Waals surface area (Å²) < 4.78 is 4.92. The number of cyclic esters (lactones) is 1. The highest BCUT2D eigenvalue weighted by molar-refractivity contribution is 5.78. The average Bonchev–Trinajstić information content (AvgIpc) is 2.91. The second-order valence-electron chi connectivity index (χ2n) is 6.10. The molecule has 1 N–H and O–H groups in total. The molecule has 2 saturated heterocycles. The quantitative estimate of drug-likeness (QED) is 0.715. The van der Waals surface area contributed by atoms with Crippen LogP contribution in [0.3, 0.4) is 0 Å². The molecule has 1 atom stereocenters. The van der Waals surface area contributed by atoms with E-state index >= 15 is 0 Å². The molecule has 2 heterocycles. The van der Waals surface area contributed by atoms with E-state index in [1.165, 1.54) is 0 Å². The van der Waals surface area contributed by atoms with Gasteiger partial charge in [-0.15, -0.1) is 0 Å². The van der Waals surface area contributed by atoms with E-state index in [0.717, 1.165) is 45.7 Å². The summed E-state index contributed by atoms with van der Waals surface area (Å²) in [6, 6.07) is 0.244. The number of rotatable bonds is 7. The first-order valence-corrected chi connectivity index (χ1v) is 8.24. The van der Waals surface area contributed by atoms with Crippen LogP contribution in [-0.4, -0.2) is 91.7 Å². The maximum absolute atomic E-state index is 11.9. The molecule has 2 aliphatic rings. The molecule has 0 radical (unpaired) electrons. The smallest absolute Gasteiger partial charge is 0.409 e. The minimum atomic E-state index is -0.194. The van der Waals surface area contributed by atoms with Crippen molar-refractivity contribution in [3.05, 3.63) is 0 Å². The first-order valence-electron chi connectivity index (χ1n) is 8.24. The molecule has 7 heteroatoms. The standard InChI is InChI=1S/C15H28N4O3/c1-3-13(2)16-14(20)12-18-6-4-17(5-7-18)8-9-19-10-11-22-15(19)21/h13H,3-12H2,1-2H3,(H,16,20). The summed E-state index contributed by atoms with van der Waals surface area (Å²) in [5.41, 5.74) is 0. The van der Waals surface area contributed by atoms with Crippen molar-refractivity contribution in [2.45, 2.75) is 26.3 Å². The highest BCUT2D eigenvalue weighted by atomic mass is 16.6. The Hall–Kier alpha value is -1.34. The summed E-state index contributed by atoms with van der Waals surface area (Å²) in [5, 5.41) is 3.00. The molecular formula is C15H28N4O3. The fourth-order valence-corrected chi connectivity index (χ4v) is 2.69. The highest BCUT2D eigenvalue weighted by Gasteiger charge is 2.24. The van der Waals surface area contributed by atoms with Crippen LogP contribution in [0.15, 0.2) is 0 Å². The van der Waals surface area contributed by atoms with Crippen LogP contribution in [0.25, 0.3) is 0 Å². The fraction of sp³-hybridized carbons (Fsp3) is 0.867. The first-order chi connectivity index (χ1) is 10.6. The Kier molecular flexibility index (Phi) is 6.45. The fourth-order valence-electron chi connectivity index (χ4n) is 2.69. The molecule has 0 bridgehead atoms. The van der Waals surface area contributed by atoms with Crippen molar-refractivity contribution in [3.8, 4) is 0 Å². The van der Waals surface area contributed by atoms with Crippen molar-refractivity contribution < 1.29 is 14.3 Å². The Bertz CT molecular complexity index is 383. The van der Waals surface area contributed by atoms with E-state index in [2.05, 4.69) is 22.0 Å². The lowest BCUT2D eigenvalue weighted by molar-refractivity contribution is -0.123. The number of hydrogen-bond donors (Lipinski definition) is 1. The number of carbonyl (C=O) groups is 2. The maximum Gasteiger partial charge on any atom is 0.409 e. The molecular weight excluding hydrogens is 284 g/mol. The summed E-state index contributed by atoms with van der Waals surface area (Å²) in [6.45, 7) is 11.1. The number of carbonyl (C=O) groups excluding carboxylic acids is 2. The van der Waals surface area contributed by atoms with Gasteiger partial charge in [0, 0.05) is 45.3 Å². The lowest BCUT2D eigenvalue weighted by Gasteiger charge is -2.34. The number of amides is 2. The van der Waals surface area contributed by atoms with Crippen molar-refractivity contribution in [1.29, 1.82) is 0 Å². The Morgan fingerprint density at radius 1 is 1.18 bits per heavy atom. The van der Waals surface area contributed by atoms with Gasteiger partial charge >= 0.3 is 6.09 Å². The zero-order valence-corrected chi connectivity index (χ0v) is 13.7. The average molecular weight is 312 g/mol. The second kappa shape index (κ2) is 8.33. The van der Waals surface area contributed by atoms with Crippen LogP contribution >= 0.6 is 0 Å². The molecule has 2 rings (SSSR count). The van der Waals surface area contributed by atoms with Crippen LogP contribution in [0.1, 0.15) is 20.3 Å². The summed E-state index contributed by atoms with van der Waals surface area (Å²) >= 11 is 0. The van der Waals surface area contributed by atoms with Gasteiger partial charge in [0.2, 0.25) is 5.91 Å². The first kappa shape index (κ1) is 17.0. The van der Waals surface area contributed by atoms with E-state index in [-0.39, 0.29) is 18.0 Å². The molecule has 126 valence electrons. The van der Waals surface area contributed by atoms with Gasteiger partial charge in [-0.2, -0.15) is 0 Å². The van der Waals surface area contributed by atoms with E-state index in [1.807, 2.05) is 6.92 Å². The zero-order valence-electron chi connectivity index (χ0n) is 13.7. The highest BCUT2D eigenvalue weighted by Crippen LogP contribution is 2.05. The second-order valence-corrected chi connectivity index (χ2v) is 6.10. The number of hydrogen-bond acceptors (Lipinski definition) is 5. The molecule has 2 fully saturated rings. The molecule has 2 aliphatic heterocycles. The van der Waals surface area contributed by atoms with Crippen LogP contribution in [-0.2, 0) is 9.53 Å². The van der Waals surface area contributed by atoms with E-state index in [4.69, 9.17) is 4.74 Å². The van der Waals surface area contributed by atoms with Crippen LogP contribution in [0, 0.1) is 0 Å². The topological polar surface area (TPSA) is 65.1 Å². The molecule has 2 amide bonds. The number of ether oxygens (including phenoxy) is 1. The number of piperazine rings is 1. The van der Waals surface area contributed by atoms with Crippen molar-refractivity contribution in [1.82, 2.24) is 20.0 Å². The van der Waals surface area contributed by atoms with Crippen molar-refractivity contribution >= 4 is 12.0 Å². The van der Waals surface area contributed by atoms with Gasteiger partial charge in [0.05, 0.1) is 13.1 Å². The van der Waals surface area contributed by atoms with Crippen molar-refractivity contribution in [2.75, 3.05) is 59.0 Å². The molecule has 0 aromatic heterocycles. The third kappa shape index (κ3) is 5.14. The van der Waals surface area contributed by atoms with Gasteiger partial charge in [-0.3, -0.25) is 14.6 Å². The number of nitrogens with one attached hydrogen (secondary N) is 1. The maximum atomic E-state index is 11.9. The minimum absolute atomic E-state index is 0.114. The van der Waals surface area contributed by atoms with Crippen LogP contribution in [0.5, 0.6) is 0 Å². The van der Waals surface area contributed by atoms with E-state index in [0.29, 0.717) is 19.7 Å². The third-order valence-electron chi connectivity index (χ3n) is 4.38. The summed E-state index contributed by atoms with van der Waals surface area (Å²) in [6.07, 6.45) is 0.763. The van der Waals surface area contributed by atoms with Crippen molar-refractivity contribution in [3.63, 3.8) is 0 Å². The van der Waals surface area contributed by atoms with E-state index < -0.39 is 0 Å². The normalized spacial score (nSPS) is 21.7. The summed E-state index contributed by atoms with van der Waals surface area (Å²) in [5.74, 6) is 0.114. The SMILES string of the molecule is CCC(C)NC(=O)CN1CCN(CCN2CCOC2=O)CC1. The molecule has 22 heavy (non-hydrogen) atoms. The Labute approximate surface area is 132 Å². The lowest BCUT2D eigenvalue weighted by atomic mass is 10.2. The van der Waals surface area contributed by atoms with E-state index in [9.17, 15) is 9.59 Å². The summed E-state index contributed by atoms with van der Waals surface area (Å²) in [7, 11) is 0. The predicted molar refractivity (Wildman–Crippen MR) is 83.7 cm³/mol. The molecule has 0 aromatic rings. The predicted octanol–water partition coefficient (Wildman–Crippen LogP) is -0.0291. The van der Waals surface area contributed by atoms with Gasteiger partial charge in [-0.1, -0.05) is 6.92 Å². The molecule has 1 unspecified atom stereocenters. The third-order valence-corrected chi connectivity index (χ3v) is 4.38. The Morgan fingerprint density at radius 3 is 2.45 bits per heavy atom. The molecule has 0 spiro atoms. The Balaban J connectivity index is 1.61. The van der Waals surface area contributed by atoms with Crippen LogP contribution in [0.2, 0.25) is 0 Å². The van der Waals surface area contributed by atoms with Gasteiger partial charge < -0.3 is 15.0 Å². The van der Waals surface area contributed by atoms with Gasteiger partial charge in [0.25, 0.3) is 0 Å². The van der Waals surface area contributed by atoms with Gasteiger partial charge in [0.1, 0.15) is 6.61 Å². The Morgan fingerprint density at radius 2 is 1.86 bits per heavy atom. The van der Waals surface area contributed by atoms with E-state index in [1.54, 1.807) is 4.90 Å². The minimum Gasteiger partial charge on any atom is -0.448 e. The largest absolute Gasteiger partial charge is 0.448 e. The summed E-state index contributed by atoms with van der Waals surface area (Å²) in [4.78, 5) is 29.5. The monoisotopic (exact) mass is 312 g/mol. The van der Waals surface area contributed by atoms with Gasteiger partial charge in [-0.05, 0) is 13.3 Å². The van der Waals surface area contributed by atoms with Crippen LogP contribution in [0.4, 0.5) is 4.79 Å². The lowest BCUT2D eigenvalue weighted by Crippen LogP contribution is -2.51. The van der Waals surface area contributed by atoms with Crippen molar-refractivity contribution in [2.24, 2.45) is 0 Å². The molecule has 0 aromatic carbocycles. The van der Waals surface area contributed by atoms with Crippen LogP contribution < -0.4 is 5.32 Å². The number of nitrogens with zero attached hydrogens (tertiary/aromatic N) is 3. The zero-order chi connectivity index (χ0) is 15.9. The molecule has 0 saturated carbocycles.